The van der Waals surface area contributed by atoms with E-state index < -0.39 is 11.8 Å². The van der Waals surface area contributed by atoms with Crippen LogP contribution in [0, 0.1) is 0 Å². The number of rotatable bonds is 3. The third-order valence-electron chi connectivity index (χ3n) is 3.66. The van der Waals surface area contributed by atoms with E-state index in [1.54, 1.807) is 18.3 Å². The summed E-state index contributed by atoms with van der Waals surface area (Å²) >= 11 is 0. The number of benzene rings is 1. The Kier molecular flexibility index (Phi) is 3.01. The lowest BCUT2D eigenvalue weighted by Gasteiger charge is -2.24. The number of carboxylic acids is 1. The third kappa shape index (κ3) is 2.08. The number of aromatic nitrogens is 1. The molecule has 2 aromatic rings. The highest BCUT2D eigenvalue weighted by atomic mass is 16.5. The lowest BCUT2D eigenvalue weighted by molar-refractivity contribution is -0.147. The van der Waals surface area contributed by atoms with Gasteiger partial charge >= 0.3 is 11.9 Å². The molecule has 1 aliphatic rings. The summed E-state index contributed by atoms with van der Waals surface area (Å²) in [6.07, 6.45) is 1.80. The first-order valence-electron chi connectivity index (χ1n) is 6.55. The van der Waals surface area contributed by atoms with Gasteiger partial charge in [0.1, 0.15) is 6.10 Å². The van der Waals surface area contributed by atoms with E-state index in [1.807, 2.05) is 10.6 Å². The Hall–Kier alpha value is -2.63. The number of para-hydroxylation sites is 1. The summed E-state index contributed by atoms with van der Waals surface area (Å²) in [6, 6.07) is 5.28. The molecule has 0 bridgehead atoms. The highest BCUT2D eigenvalue weighted by molar-refractivity contribution is 6.42. The van der Waals surface area contributed by atoms with Crippen LogP contribution in [-0.4, -0.2) is 27.4 Å². The van der Waals surface area contributed by atoms with Crippen LogP contribution in [0.5, 0.6) is 0 Å². The van der Waals surface area contributed by atoms with Gasteiger partial charge in [-0.2, -0.15) is 0 Å². The van der Waals surface area contributed by atoms with Gasteiger partial charge in [-0.05, 0) is 0 Å². The normalized spacial score (nSPS) is 16.7. The average Bonchev–Trinajstić information content (AvgIpc) is 2.81. The Morgan fingerprint density at radius 2 is 2.10 bits per heavy atom. The minimum Gasteiger partial charge on any atom is -0.475 e. The molecule has 2 heterocycles. The van der Waals surface area contributed by atoms with E-state index >= 15 is 0 Å². The van der Waals surface area contributed by atoms with Crippen molar-refractivity contribution < 1.29 is 24.2 Å². The first-order valence-corrected chi connectivity index (χ1v) is 6.55. The molecule has 6 heteroatoms. The van der Waals surface area contributed by atoms with Crippen molar-refractivity contribution in [2.75, 3.05) is 0 Å². The molecule has 1 aromatic carbocycles. The molecule has 0 saturated heterocycles. The molecule has 3 rings (SSSR count). The standard InChI is InChI=1S/C15H13NO5/c1-8(17)21-12-5-6-16-7-11(14(18)15(19)20)9-3-2-4-10(12)13(9)16/h2-4,7,12H,5-6H2,1H3,(H,19,20). The van der Waals surface area contributed by atoms with E-state index in [0.29, 0.717) is 18.4 Å². The minimum atomic E-state index is -1.48. The zero-order valence-electron chi connectivity index (χ0n) is 11.3. The smallest absolute Gasteiger partial charge is 0.377 e. The largest absolute Gasteiger partial charge is 0.475 e. The van der Waals surface area contributed by atoms with Gasteiger partial charge in [0.2, 0.25) is 0 Å². The fraction of sp³-hybridized carbons (Fsp3) is 0.267. The first kappa shape index (κ1) is 13.4. The summed E-state index contributed by atoms with van der Waals surface area (Å²) < 4.78 is 7.15. The van der Waals surface area contributed by atoms with Crippen LogP contribution in [0.25, 0.3) is 10.9 Å². The Morgan fingerprint density at radius 1 is 1.33 bits per heavy atom. The van der Waals surface area contributed by atoms with Gasteiger partial charge in [-0.3, -0.25) is 9.59 Å². The lowest BCUT2D eigenvalue weighted by Crippen LogP contribution is -2.17. The maximum atomic E-state index is 11.8. The first-order chi connectivity index (χ1) is 9.99. The molecule has 1 aliphatic heterocycles. The number of aliphatic carboxylic acids is 1. The number of nitrogens with zero attached hydrogens (tertiary/aromatic N) is 1. The SMILES string of the molecule is CC(=O)OC1CCn2cc(C(=O)C(=O)O)c3cccc1c32. The average molecular weight is 287 g/mol. The molecule has 0 spiro atoms. The zero-order valence-corrected chi connectivity index (χ0v) is 11.3. The second-order valence-corrected chi connectivity index (χ2v) is 5.00. The number of ketones is 1. The van der Waals surface area contributed by atoms with Crippen molar-refractivity contribution in [1.29, 1.82) is 0 Å². The highest BCUT2D eigenvalue weighted by Gasteiger charge is 2.28. The van der Waals surface area contributed by atoms with Crippen LogP contribution < -0.4 is 0 Å². The molecule has 1 N–H and O–H groups in total. The van der Waals surface area contributed by atoms with Crippen molar-refractivity contribution >= 4 is 28.6 Å². The van der Waals surface area contributed by atoms with Gasteiger partial charge in [0.05, 0.1) is 11.1 Å². The van der Waals surface area contributed by atoms with Crippen molar-refractivity contribution in [3.8, 4) is 0 Å². The van der Waals surface area contributed by atoms with Gasteiger partial charge < -0.3 is 14.4 Å². The number of aryl methyl sites for hydroxylation is 1. The lowest BCUT2D eigenvalue weighted by atomic mass is 9.99. The topological polar surface area (TPSA) is 85.6 Å². The summed E-state index contributed by atoms with van der Waals surface area (Å²) in [5.74, 6) is -2.77. The third-order valence-corrected chi connectivity index (χ3v) is 3.66. The van der Waals surface area contributed by atoms with E-state index in [0.717, 1.165) is 11.1 Å². The minimum absolute atomic E-state index is 0.169. The number of esters is 1. The van der Waals surface area contributed by atoms with Crippen LogP contribution in [0.15, 0.2) is 24.4 Å². The van der Waals surface area contributed by atoms with Crippen LogP contribution in [0.1, 0.15) is 35.4 Å². The monoisotopic (exact) mass is 287 g/mol. The summed E-state index contributed by atoms with van der Waals surface area (Å²) in [7, 11) is 0. The second kappa shape index (κ2) is 4.73. The van der Waals surface area contributed by atoms with Crippen LogP contribution in [0.3, 0.4) is 0 Å². The maximum absolute atomic E-state index is 11.8. The van der Waals surface area contributed by atoms with E-state index in [9.17, 15) is 14.4 Å². The van der Waals surface area contributed by atoms with Gasteiger partial charge in [-0.1, -0.05) is 18.2 Å². The molecule has 21 heavy (non-hydrogen) atoms. The predicted octanol–water partition coefficient (Wildman–Crippen LogP) is 1.92. The fourth-order valence-corrected chi connectivity index (χ4v) is 2.86. The summed E-state index contributed by atoms with van der Waals surface area (Å²) in [4.78, 5) is 33.9. The highest BCUT2D eigenvalue weighted by Crippen LogP contribution is 2.36. The maximum Gasteiger partial charge on any atom is 0.377 e. The van der Waals surface area contributed by atoms with E-state index in [-0.39, 0.29) is 17.6 Å². The quantitative estimate of drug-likeness (QED) is 0.529. The van der Waals surface area contributed by atoms with Crippen LogP contribution >= 0.6 is 0 Å². The summed E-state index contributed by atoms with van der Waals surface area (Å²) in [5.41, 5.74) is 1.74. The van der Waals surface area contributed by atoms with Gasteiger partial charge in [0, 0.05) is 37.0 Å². The number of carboxylic acid groups (broad SMARTS) is 1. The second-order valence-electron chi connectivity index (χ2n) is 5.00. The number of carbonyl (C=O) groups excluding carboxylic acids is 2. The number of ether oxygens (including phenoxy) is 1. The molecule has 108 valence electrons. The number of hydrogen-bond acceptors (Lipinski definition) is 4. The number of Topliss-reactive ketones (excluding diaryl/α,β-unsaturated/α-hetero) is 1. The fourth-order valence-electron chi connectivity index (χ4n) is 2.86. The molecule has 0 amide bonds. The van der Waals surface area contributed by atoms with Gasteiger partial charge in [-0.25, -0.2) is 4.79 Å². The van der Waals surface area contributed by atoms with Gasteiger partial charge in [-0.15, -0.1) is 0 Å². The van der Waals surface area contributed by atoms with E-state index in [2.05, 4.69) is 0 Å². The van der Waals surface area contributed by atoms with Crippen molar-refractivity contribution in [2.24, 2.45) is 0 Å². The molecule has 0 fully saturated rings. The van der Waals surface area contributed by atoms with Crippen molar-refractivity contribution in [3.63, 3.8) is 0 Å². The van der Waals surface area contributed by atoms with E-state index in [1.165, 1.54) is 6.92 Å². The van der Waals surface area contributed by atoms with Crippen LogP contribution in [0.4, 0.5) is 0 Å². The van der Waals surface area contributed by atoms with Crippen LogP contribution in [-0.2, 0) is 20.9 Å². The molecule has 6 nitrogen and oxygen atoms in total. The Bertz CT molecular complexity index is 774. The van der Waals surface area contributed by atoms with Gasteiger partial charge in [0.15, 0.2) is 0 Å². The molecule has 1 unspecified atom stereocenters. The Labute approximate surface area is 119 Å². The zero-order chi connectivity index (χ0) is 15.1. The molecular weight excluding hydrogens is 274 g/mol. The Balaban J connectivity index is 2.19. The molecule has 1 atom stereocenters. The number of carbonyl (C=O) groups is 3. The molecular formula is C15H13NO5. The molecule has 0 saturated carbocycles. The molecule has 0 radical (unpaired) electrons. The van der Waals surface area contributed by atoms with Crippen molar-refractivity contribution in [3.05, 3.63) is 35.5 Å². The van der Waals surface area contributed by atoms with Crippen molar-refractivity contribution in [2.45, 2.75) is 26.0 Å². The van der Waals surface area contributed by atoms with Crippen LogP contribution in [0.2, 0.25) is 0 Å². The molecule has 1 aromatic heterocycles. The Morgan fingerprint density at radius 3 is 2.76 bits per heavy atom. The van der Waals surface area contributed by atoms with Crippen molar-refractivity contribution in [1.82, 2.24) is 4.57 Å². The summed E-state index contributed by atoms with van der Waals surface area (Å²) in [6.45, 7) is 1.92. The number of hydrogen-bond donors (Lipinski definition) is 1. The summed E-state index contributed by atoms with van der Waals surface area (Å²) in [5, 5.41) is 9.48. The van der Waals surface area contributed by atoms with Gasteiger partial charge in [0.25, 0.3) is 5.78 Å². The predicted molar refractivity (Wildman–Crippen MR) is 73.0 cm³/mol. The van der Waals surface area contributed by atoms with E-state index in [4.69, 9.17) is 9.84 Å². The molecule has 0 aliphatic carbocycles.